The van der Waals surface area contributed by atoms with Crippen molar-refractivity contribution in [1.82, 2.24) is 33.8 Å². The maximum Gasteiger partial charge on any atom is 0.335 e. The Morgan fingerprint density at radius 3 is 1.37 bits per heavy atom. The third-order valence-corrected chi connectivity index (χ3v) is 20.8. The molecule has 0 aliphatic heterocycles. The van der Waals surface area contributed by atoms with E-state index in [0.717, 1.165) is 56.2 Å². The number of carbonyl (C=O) groups is 2. The molecule has 97 heavy (non-hydrogen) atoms. The van der Waals surface area contributed by atoms with E-state index in [2.05, 4.69) is 28.5 Å². The van der Waals surface area contributed by atoms with Crippen LogP contribution < -0.4 is 19.3 Å². The SMILES string of the molecule is CC1(Cn2c(Cc3ccc(-c4cccc(OCc5ccc(C#N)cc5F)n4)cc3F)nc3ccc(C(=O)NS(=O)(=O)C4CC4)cc32)CC1.CC1(Cn2c(Cc3ccc(-c4cccc(OCc5ccc(C#N)cc5F)n4)cc3F)nc3ccc(C(=O)O)cc32)CC1.NS(=O)(=O)C1CC1. The summed E-state index contributed by atoms with van der Waals surface area (Å²) in [5.41, 5.74) is 7.26. The van der Waals surface area contributed by atoms with Crippen LogP contribution in [0.3, 0.4) is 0 Å². The van der Waals surface area contributed by atoms with Crippen LogP contribution in [0.15, 0.2) is 146 Å². The summed E-state index contributed by atoms with van der Waals surface area (Å²) in [6, 6.07) is 41.8. The minimum absolute atomic E-state index is 0.0585. The smallest absolute Gasteiger partial charge is 0.335 e. The zero-order valence-corrected chi connectivity index (χ0v) is 54.2. The molecule has 25 heteroatoms. The highest BCUT2D eigenvalue weighted by Gasteiger charge is 2.40. The van der Waals surface area contributed by atoms with Gasteiger partial charge in [-0.1, -0.05) is 62.4 Å². The number of ether oxygens (including phenoxy) is 2. The van der Waals surface area contributed by atoms with Gasteiger partial charge in [-0.25, -0.2) is 69.0 Å². The van der Waals surface area contributed by atoms with E-state index in [1.807, 2.05) is 21.3 Å². The molecule has 0 saturated heterocycles. The number of pyridine rings is 2. The highest BCUT2D eigenvalue weighted by molar-refractivity contribution is 7.91. The van der Waals surface area contributed by atoms with Crippen LogP contribution in [0.25, 0.3) is 44.6 Å². The van der Waals surface area contributed by atoms with Crippen molar-refractivity contribution in [3.63, 3.8) is 0 Å². The number of carboxylic acid groups (broad SMARTS) is 1. The Hall–Kier alpha value is -10.3. The molecular formula is C72H64F4N10O9S2. The molecular weight excluding hydrogens is 1290 g/mol. The lowest BCUT2D eigenvalue weighted by Crippen LogP contribution is -2.33. The number of hydrogen-bond acceptors (Lipinski definition) is 14. The molecule has 4 fully saturated rings. The molecule has 4 saturated carbocycles. The summed E-state index contributed by atoms with van der Waals surface area (Å²) in [6.45, 7) is 5.51. The molecule has 14 rings (SSSR count). The first-order valence-corrected chi connectivity index (χ1v) is 34.4. The lowest BCUT2D eigenvalue weighted by molar-refractivity contribution is 0.0696. The summed E-state index contributed by atoms with van der Waals surface area (Å²) in [4.78, 5) is 43.0. The minimum Gasteiger partial charge on any atom is -0.478 e. The van der Waals surface area contributed by atoms with Crippen LogP contribution in [0.2, 0.25) is 0 Å². The van der Waals surface area contributed by atoms with Gasteiger partial charge in [0.05, 0.1) is 72.8 Å². The monoisotopic (exact) mass is 1350 g/mol. The number of nitrogens with two attached hydrogens (primary N) is 1. The quantitative estimate of drug-likeness (QED) is 0.0564. The van der Waals surface area contributed by atoms with E-state index in [1.165, 1.54) is 42.5 Å². The number of amides is 1. The summed E-state index contributed by atoms with van der Waals surface area (Å²) in [7, 11) is -6.83. The topological polar surface area (TPSA) is 288 Å². The standard InChI is InChI=1S/C36H31F2N5O4S.C33H26F2N4O3.C3H7NO2S/c1-36(13-14-36)21-43-32-17-25(35(44)42-48(45,46)27-10-11-27)9-12-31(32)40-33(43)18-23-7-8-24(16-29(23)38)30-3-2-4-34(41-30)47-20-26-6-5-22(19-39)15-28(26)37;1-33(11-12-33)19-39-29-15-23(32(40)41)9-10-28(29)37-30(39)16-21-7-8-22(14-26(21)35)27-3-2-4-31(38-27)42-18-24-6-5-20(17-36)13-25(24)34;4-7(5,6)3-1-2-3/h2-9,12,15-17,27H,10-11,13-14,18,20-21H2,1H3,(H,42,44);2-10,13-15H,11-12,16,18-19H2,1H3,(H,40,41);3H,1-2H2,(H2,4,5,6). The molecule has 4 aromatic heterocycles. The zero-order valence-electron chi connectivity index (χ0n) is 52.6. The molecule has 19 nitrogen and oxygen atoms in total. The fourth-order valence-electron chi connectivity index (χ4n) is 10.9. The molecule has 6 aromatic carbocycles. The molecule has 1 amide bonds. The lowest BCUT2D eigenvalue weighted by atomic mass is 10.0. The van der Waals surface area contributed by atoms with Gasteiger partial charge in [0.25, 0.3) is 5.91 Å². The van der Waals surface area contributed by atoms with E-state index >= 15 is 8.78 Å². The molecule has 0 spiro atoms. The Labute approximate surface area is 556 Å². The predicted molar refractivity (Wildman–Crippen MR) is 352 cm³/mol. The molecule has 4 aliphatic carbocycles. The van der Waals surface area contributed by atoms with Gasteiger partial charge in [-0.3, -0.25) is 4.79 Å². The second-order valence-corrected chi connectivity index (χ2v) is 29.4. The average molecular weight is 1350 g/mol. The summed E-state index contributed by atoms with van der Waals surface area (Å²) < 4.78 is 122. The summed E-state index contributed by atoms with van der Waals surface area (Å²) in [5, 5.41) is 31.3. The van der Waals surface area contributed by atoms with Crippen LogP contribution >= 0.6 is 0 Å². The first-order chi connectivity index (χ1) is 46.3. The highest BCUT2D eigenvalue weighted by Crippen LogP contribution is 2.48. The Morgan fingerprint density at radius 1 is 0.567 bits per heavy atom. The number of nitriles is 2. The van der Waals surface area contributed by atoms with E-state index in [9.17, 15) is 40.3 Å². The number of imidazole rings is 2. The van der Waals surface area contributed by atoms with Crippen molar-refractivity contribution in [2.45, 2.75) is 115 Å². The van der Waals surface area contributed by atoms with E-state index < -0.39 is 60.4 Å². The zero-order chi connectivity index (χ0) is 68.6. The van der Waals surface area contributed by atoms with Gasteiger partial charge in [0.15, 0.2) is 0 Å². The summed E-state index contributed by atoms with van der Waals surface area (Å²) >= 11 is 0. The van der Waals surface area contributed by atoms with Gasteiger partial charge in [0, 0.05) is 65.9 Å². The van der Waals surface area contributed by atoms with Gasteiger partial charge in [-0.15, -0.1) is 0 Å². The number of nitrogens with one attached hydrogen (secondary N) is 1. The number of halogens is 4. The van der Waals surface area contributed by atoms with Gasteiger partial charge in [-0.05, 0) is 158 Å². The minimum atomic E-state index is -3.70. The highest BCUT2D eigenvalue weighted by atomic mass is 32.2. The lowest BCUT2D eigenvalue weighted by Gasteiger charge is -2.15. The Bertz CT molecular complexity index is 5090. The van der Waals surface area contributed by atoms with Crippen molar-refractivity contribution in [3.05, 3.63) is 225 Å². The van der Waals surface area contributed by atoms with Crippen LogP contribution in [0.4, 0.5) is 17.6 Å². The van der Waals surface area contributed by atoms with Gasteiger partial charge < -0.3 is 23.7 Å². The number of carbonyl (C=O) groups excluding carboxylic acids is 1. The molecule has 496 valence electrons. The molecule has 0 unspecified atom stereocenters. The molecule has 0 bridgehead atoms. The average Bonchev–Trinajstić information content (AvgIpc) is 1.62. The van der Waals surface area contributed by atoms with Crippen LogP contribution in [0.5, 0.6) is 11.8 Å². The number of aromatic nitrogens is 6. The number of primary sulfonamides is 1. The first kappa shape index (κ1) is 66.7. The van der Waals surface area contributed by atoms with E-state index in [-0.39, 0.29) is 87.3 Å². The summed E-state index contributed by atoms with van der Waals surface area (Å²) in [5.74, 6) is -1.82. The van der Waals surface area contributed by atoms with Crippen LogP contribution in [0.1, 0.15) is 131 Å². The van der Waals surface area contributed by atoms with Crippen molar-refractivity contribution in [3.8, 4) is 46.4 Å². The second-order valence-electron chi connectivity index (χ2n) is 25.6. The number of aromatic carboxylic acids is 1. The number of sulfonamides is 2. The van der Waals surface area contributed by atoms with Crippen molar-refractivity contribution in [2.24, 2.45) is 16.0 Å². The van der Waals surface area contributed by atoms with Crippen molar-refractivity contribution in [1.29, 1.82) is 10.5 Å². The van der Waals surface area contributed by atoms with Gasteiger partial charge in [0.2, 0.25) is 31.8 Å². The molecule has 4 aliphatic rings. The van der Waals surface area contributed by atoms with Crippen LogP contribution in [-0.2, 0) is 59.2 Å². The normalized spacial score (nSPS) is 15.0. The second kappa shape index (κ2) is 27.0. The summed E-state index contributed by atoms with van der Waals surface area (Å²) in [6.07, 6.45) is 7.28. The molecule has 10 aromatic rings. The Kier molecular flexibility index (Phi) is 18.6. The van der Waals surface area contributed by atoms with Gasteiger partial charge in [-0.2, -0.15) is 10.5 Å². The maximum atomic E-state index is 15.7. The van der Waals surface area contributed by atoms with Crippen molar-refractivity contribution >= 4 is 54.0 Å². The van der Waals surface area contributed by atoms with Crippen LogP contribution in [0, 0.1) is 56.8 Å². The fraction of sp³-hybridized carbons (Fsp3) is 0.278. The predicted octanol–water partition coefficient (Wildman–Crippen LogP) is 12.8. The number of nitrogens with zero attached hydrogens (tertiary/aromatic N) is 8. The first-order valence-electron chi connectivity index (χ1n) is 31.3. The number of fused-ring (bicyclic) bond motifs is 2. The Balaban J connectivity index is 0.000000169. The fourth-order valence-corrected chi connectivity index (χ4v) is 13.0. The largest absolute Gasteiger partial charge is 0.478 e. The van der Waals surface area contributed by atoms with Crippen molar-refractivity contribution in [2.75, 3.05) is 0 Å². The van der Waals surface area contributed by atoms with E-state index in [4.69, 9.17) is 35.1 Å². The number of rotatable bonds is 21. The van der Waals surface area contributed by atoms with E-state index in [1.54, 1.807) is 91.0 Å². The van der Waals surface area contributed by atoms with Crippen LogP contribution in [-0.4, -0.2) is 73.4 Å². The van der Waals surface area contributed by atoms with E-state index in [0.29, 0.717) is 87.8 Å². The van der Waals surface area contributed by atoms with Crippen molar-refractivity contribution < 1.29 is 58.6 Å². The van der Waals surface area contributed by atoms with Gasteiger partial charge in [0.1, 0.15) is 48.1 Å². The molecule has 0 radical (unpaired) electrons. The number of carboxylic acids is 1. The third-order valence-electron chi connectivity index (χ3n) is 17.6. The molecule has 4 N–H and O–H groups in total. The Morgan fingerprint density at radius 2 is 0.990 bits per heavy atom. The van der Waals surface area contributed by atoms with Gasteiger partial charge >= 0.3 is 5.97 Å². The number of hydrogen-bond donors (Lipinski definition) is 3. The molecule has 4 heterocycles. The number of benzene rings is 6. The third kappa shape index (κ3) is 16.2. The maximum absolute atomic E-state index is 15.7. The molecule has 0 atom stereocenters.